The first kappa shape index (κ1) is 29.0. The number of hydrogen-bond donors (Lipinski definition) is 1. The molecule has 0 bridgehead atoms. The molecule has 212 valence electrons. The molecular formula is C32H37NO7. The van der Waals surface area contributed by atoms with Crippen LogP contribution in [0.25, 0.3) is 21.9 Å². The number of likely N-dealkylation sites (tertiary alicyclic amines) is 1. The maximum absolute atomic E-state index is 13.5. The quantitative estimate of drug-likeness (QED) is 0.233. The van der Waals surface area contributed by atoms with Crippen molar-refractivity contribution in [2.45, 2.75) is 51.7 Å². The van der Waals surface area contributed by atoms with Gasteiger partial charge < -0.3 is 23.7 Å². The lowest BCUT2D eigenvalue weighted by molar-refractivity contribution is -0.121. The summed E-state index contributed by atoms with van der Waals surface area (Å²) >= 11 is 0. The molecule has 8 nitrogen and oxygen atoms in total. The summed E-state index contributed by atoms with van der Waals surface area (Å²) in [6.45, 7) is 17.4. The second-order valence-electron chi connectivity index (χ2n) is 11.0. The minimum atomic E-state index is -0.722. The Labute approximate surface area is 234 Å². The Morgan fingerprint density at radius 3 is 2.35 bits per heavy atom. The number of carbonyl (C=O) groups is 1. The van der Waals surface area contributed by atoms with Gasteiger partial charge in [0.1, 0.15) is 46.1 Å². The Balaban J connectivity index is 1.73. The fourth-order valence-electron chi connectivity index (χ4n) is 4.31. The SMILES string of the molecule is C=CC(C)(C)Oc1cc(O)c2c(=O)c3ccc(OC(C)(C)C=C)c(OC/C=C/CN4CCC(=O)CC4)c3oc2c1. The number of ether oxygens (including phenoxy) is 3. The summed E-state index contributed by atoms with van der Waals surface area (Å²) in [7, 11) is 0. The summed E-state index contributed by atoms with van der Waals surface area (Å²) in [5.74, 6) is 1.02. The molecule has 3 aromatic rings. The van der Waals surface area contributed by atoms with Gasteiger partial charge in [-0.15, -0.1) is 0 Å². The van der Waals surface area contributed by atoms with Crippen molar-refractivity contribution in [1.29, 1.82) is 0 Å². The molecule has 1 fully saturated rings. The van der Waals surface area contributed by atoms with Crippen molar-refractivity contribution in [2.24, 2.45) is 0 Å². The monoisotopic (exact) mass is 547 g/mol. The largest absolute Gasteiger partial charge is 0.507 e. The molecule has 1 aromatic heterocycles. The summed E-state index contributed by atoms with van der Waals surface area (Å²) in [4.78, 5) is 27.2. The van der Waals surface area contributed by atoms with Crippen LogP contribution < -0.4 is 19.6 Å². The van der Waals surface area contributed by atoms with Crippen molar-refractivity contribution < 1.29 is 28.5 Å². The highest BCUT2D eigenvalue weighted by molar-refractivity contribution is 5.96. The van der Waals surface area contributed by atoms with Gasteiger partial charge in [-0.1, -0.05) is 25.3 Å². The van der Waals surface area contributed by atoms with Crippen LogP contribution in [0.1, 0.15) is 40.5 Å². The lowest BCUT2D eigenvalue weighted by Gasteiger charge is -2.25. The maximum atomic E-state index is 13.5. The third-order valence-corrected chi connectivity index (χ3v) is 6.82. The first-order valence-electron chi connectivity index (χ1n) is 13.4. The third-order valence-electron chi connectivity index (χ3n) is 6.82. The van der Waals surface area contributed by atoms with Gasteiger partial charge in [-0.25, -0.2) is 0 Å². The number of hydrogen-bond acceptors (Lipinski definition) is 8. The number of phenols is 1. The van der Waals surface area contributed by atoms with E-state index in [-0.39, 0.29) is 40.0 Å². The lowest BCUT2D eigenvalue weighted by atomic mass is 10.1. The fraction of sp³-hybridized carbons (Fsp3) is 0.375. The topological polar surface area (TPSA) is 98.4 Å². The number of nitrogens with zero attached hydrogens (tertiary/aromatic N) is 1. The fourth-order valence-corrected chi connectivity index (χ4v) is 4.31. The number of rotatable bonds is 11. The zero-order valence-corrected chi connectivity index (χ0v) is 23.6. The van der Waals surface area contributed by atoms with Crippen LogP contribution in [0.15, 0.2) is 70.9 Å². The average Bonchev–Trinajstić information content (AvgIpc) is 2.90. The number of carbonyl (C=O) groups excluding carboxylic acids is 1. The first-order chi connectivity index (χ1) is 18.9. The van der Waals surface area contributed by atoms with Gasteiger partial charge in [0.2, 0.25) is 11.2 Å². The number of ketones is 1. The number of phenolic OH excluding ortho intramolecular Hbond substituents is 1. The number of piperidine rings is 1. The van der Waals surface area contributed by atoms with Crippen molar-refractivity contribution in [3.8, 4) is 23.0 Å². The molecule has 0 radical (unpaired) electrons. The molecule has 0 amide bonds. The molecule has 0 unspecified atom stereocenters. The normalized spacial score (nSPS) is 15.1. The van der Waals surface area contributed by atoms with Crippen molar-refractivity contribution in [2.75, 3.05) is 26.2 Å². The zero-order chi connectivity index (χ0) is 29.1. The highest BCUT2D eigenvalue weighted by Gasteiger charge is 2.24. The standard InChI is InChI=1S/C32H37NO7/c1-7-31(3,4)39-22-19-24(35)27-26(20-22)38-29-23(28(27)36)11-12-25(40-32(5,6)8-2)30(29)37-18-10-9-15-33-16-13-21(34)14-17-33/h7-12,19-20,35H,1-2,13-18H2,3-6H3/b10-9+. The Morgan fingerprint density at radius 1 is 1.00 bits per heavy atom. The first-order valence-corrected chi connectivity index (χ1v) is 13.4. The average molecular weight is 548 g/mol. The minimum absolute atomic E-state index is 0.0437. The maximum Gasteiger partial charge on any atom is 0.205 e. The van der Waals surface area contributed by atoms with Crippen LogP contribution in [0.5, 0.6) is 23.0 Å². The highest BCUT2D eigenvalue weighted by atomic mass is 16.5. The van der Waals surface area contributed by atoms with E-state index in [1.807, 2.05) is 39.8 Å². The molecular weight excluding hydrogens is 510 g/mol. The molecule has 1 aliphatic heterocycles. The number of benzene rings is 2. The highest BCUT2D eigenvalue weighted by Crippen LogP contribution is 2.40. The van der Waals surface area contributed by atoms with E-state index >= 15 is 0 Å². The van der Waals surface area contributed by atoms with E-state index < -0.39 is 16.6 Å². The predicted molar refractivity (Wildman–Crippen MR) is 157 cm³/mol. The third kappa shape index (κ3) is 6.57. The summed E-state index contributed by atoms with van der Waals surface area (Å²) in [5, 5.41) is 11.0. The Morgan fingerprint density at radius 2 is 1.68 bits per heavy atom. The second kappa shape index (κ2) is 11.6. The molecule has 0 atom stereocenters. The van der Waals surface area contributed by atoms with Gasteiger partial charge in [0, 0.05) is 44.6 Å². The number of aromatic hydroxyl groups is 1. The number of Topliss-reactive ketones (excluding diaryl/α,β-unsaturated/α-hetero) is 1. The molecule has 0 spiro atoms. The van der Waals surface area contributed by atoms with Crippen LogP contribution in [0.3, 0.4) is 0 Å². The summed E-state index contributed by atoms with van der Waals surface area (Å²) in [6, 6.07) is 6.21. The van der Waals surface area contributed by atoms with E-state index in [0.29, 0.717) is 36.7 Å². The smallest absolute Gasteiger partial charge is 0.205 e. The molecule has 1 N–H and O–H groups in total. The molecule has 2 aromatic carbocycles. The van der Waals surface area contributed by atoms with Crippen molar-refractivity contribution in [1.82, 2.24) is 4.90 Å². The van der Waals surface area contributed by atoms with E-state index in [9.17, 15) is 14.7 Å². The van der Waals surface area contributed by atoms with Crippen LogP contribution in [0.2, 0.25) is 0 Å². The van der Waals surface area contributed by atoms with Crippen molar-refractivity contribution in [3.05, 3.63) is 72.0 Å². The summed E-state index contributed by atoms with van der Waals surface area (Å²) in [6.07, 6.45) is 8.35. The van der Waals surface area contributed by atoms with E-state index in [0.717, 1.165) is 13.1 Å². The van der Waals surface area contributed by atoms with Crippen molar-refractivity contribution >= 4 is 27.7 Å². The van der Waals surface area contributed by atoms with Gasteiger partial charge in [0.25, 0.3) is 0 Å². The molecule has 2 heterocycles. The number of fused-ring (bicyclic) bond motifs is 2. The van der Waals surface area contributed by atoms with Crippen molar-refractivity contribution in [3.63, 3.8) is 0 Å². The van der Waals surface area contributed by atoms with Crippen LogP contribution in [-0.4, -0.2) is 53.2 Å². The van der Waals surface area contributed by atoms with Crippen LogP contribution >= 0.6 is 0 Å². The van der Waals surface area contributed by atoms with Gasteiger partial charge in [-0.05, 0) is 52.0 Å². The predicted octanol–water partition coefficient (Wildman–Crippen LogP) is 5.94. The van der Waals surface area contributed by atoms with Gasteiger partial charge >= 0.3 is 0 Å². The Kier molecular flexibility index (Phi) is 8.40. The molecule has 8 heteroatoms. The summed E-state index contributed by atoms with van der Waals surface area (Å²) in [5.41, 5.74) is -1.50. The van der Waals surface area contributed by atoms with Gasteiger partial charge in [-0.2, -0.15) is 0 Å². The summed E-state index contributed by atoms with van der Waals surface area (Å²) < 4.78 is 24.5. The second-order valence-corrected chi connectivity index (χ2v) is 11.0. The van der Waals surface area contributed by atoms with E-state index in [2.05, 4.69) is 18.1 Å². The molecule has 40 heavy (non-hydrogen) atoms. The Bertz CT molecular complexity index is 1520. The molecule has 1 saturated heterocycles. The van der Waals surface area contributed by atoms with Crippen LogP contribution in [-0.2, 0) is 4.79 Å². The zero-order valence-electron chi connectivity index (χ0n) is 23.6. The molecule has 0 saturated carbocycles. The lowest BCUT2D eigenvalue weighted by Crippen LogP contribution is -2.33. The molecule has 0 aliphatic carbocycles. The minimum Gasteiger partial charge on any atom is -0.507 e. The molecule has 1 aliphatic rings. The van der Waals surface area contributed by atoms with E-state index in [1.165, 1.54) is 6.07 Å². The van der Waals surface area contributed by atoms with Gasteiger partial charge in [0.15, 0.2) is 11.3 Å². The van der Waals surface area contributed by atoms with E-state index in [4.69, 9.17) is 18.6 Å². The van der Waals surface area contributed by atoms with E-state index in [1.54, 1.807) is 30.4 Å². The molecule has 4 rings (SSSR count). The van der Waals surface area contributed by atoms with Gasteiger partial charge in [0.05, 0.1) is 5.39 Å². The van der Waals surface area contributed by atoms with Crippen LogP contribution in [0.4, 0.5) is 0 Å². The van der Waals surface area contributed by atoms with Gasteiger partial charge in [-0.3, -0.25) is 14.5 Å². The Hall–Kier alpha value is -4.04. The van der Waals surface area contributed by atoms with Crippen LogP contribution in [0, 0.1) is 0 Å².